The van der Waals surface area contributed by atoms with Crippen molar-refractivity contribution in [2.24, 2.45) is 0 Å². The minimum atomic E-state index is -0.932. The largest absolute Gasteiger partial charge is 0.493 e. The molecule has 0 aliphatic heterocycles. The third-order valence-electron chi connectivity index (χ3n) is 4.40. The van der Waals surface area contributed by atoms with Crippen molar-refractivity contribution in [3.8, 4) is 28.7 Å². The van der Waals surface area contributed by atoms with Crippen molar-refractivity contribution in [3.63, 3.8) is 0 Å². The lowest BCUT2D eigenvalue weighted by Crippen LogP contribution is -2.22. The molecule has 0 aliphatic carbocycles. The van der Waals surface area contributed by atoms with Gasteiger partial charge in [0.05, 0.1) is 35.0 Å². The smallest absolute Gasteiger partial charge is 0.203 e. The molecule has 0 spiro atoms. The Labute approximate surface area is 171 Å². The molecule has 0 saturated carbocycles. The van der Waals surface area contributed by atoms with Gasteiger partial charge in [-0.3, -0.25) is 0 Å². The van der Waals surface area contributed by atoms with Gasteiger partial charge < -0.3 is 33.9 Å². The first-order valence-electron chi connectivity index (χ1n) is 9.09. The molecule has 29 heavy (non-hydrogen) atoms. The maximum absolute atomic E-state index is 10.8. The van der Waals surface area contributed by atoms with Gasteiger partial charge in [0.25, 0.3) is 0 Å². The van der Waals surface area contributed by atoms with Crippen molar-refractivity contribution in [2.45, 2.75) is 19.1 Å². The van der Waals surface area contributed by atoms with Crippen molar-refractivity contribution in [2.75, 3.05) is 35.0 Å². The molecule has 0 radical (unpaired) electrons. The van der Waals surface area contributed by atoms with Crippen LogP contribution in [0.15, 0.2) is 36.4 Å². The van der Waals surface area contributed by atoms with Crippen LogP contribution in [0.3, 0.4) is 0 Å². The highest BCUT2D eigenvalue weighted by molar-refractivity contribution is 5.62. The van der Waals surface area contributed by atoms with Gasteiger partial charge in [-0.1, -0.05) is 18.2 Å². The second-order valence-electron chi connectivity index (χ2n) is 6.22. The first-order valence-corrected chi connectivity index (χ1v) is 9.09. The van der Waals surface area contributed by atoms with Crippen LogP contribution in [0.1, 0.15) is 24.2 Å². The Morgan fingerprint density at radius 2 is 1.45 bits per heavy atom. The molecule has 0 aliphatic rings. The number of hydrogen-bond acceptors (Lipinski definition) is 7. The number of aliphatic hydroxyl groups excluding tert-OH is 2. The maximum atomic E-state index is 10.8. The Kier molecular flexibility index (Phi) is 8.18. The van der Waals surface area contributed by atoms with Crippen molar-refractivity contribution in [1.29, 1.82) is 0 Å². The molecule has 0 fully saturated rings. The fourth-order valence-electron chi connectivity index (χ4n) is 2.86. The first-order chi connectivity index (χ1) is 14.0. The zero-order valence-corrected chi connectivity index (χ0v) is 17.3. The van der Waals surface area contributed by atoms with Gasteiger partial charge in [-0.15, -0.1) is 0 Å². The van der Waals surface area contributed by atoms with Crippen LogP contribution in [0.5, 0.6) is 28.7 Å². The zero-order chi connectivity index (χ0) is 21.4. The summed E-state index contributed by atoms with van der Waals surface area (Å²) in [6, 6.07) is 8.72. The Balaban J connectivity index is 2.31. The van der Waals surface area contributed by atoms with Gasteiger partial charge in [0.1, 0.15) is 12.2 Å². The summed E-state index contributed by atoms with van der Waals surface area (Å²) in [4.78, 5) is 0. The number of hydrogen-bond donors (Lipinski definition) is 2. The second kappa shape index (κ2) is 10.6. The second-order valence-corrected chi connectivity index (χ2v) is 6.22. The van der Waals surface area contributed by atoms with Crippen LogP contribution >= 0.6 is 0 Å². The summed E-state index contributed by atoms with van der Waals surface area (Å²) in [5, 5.41) is 19.8. The third kappa shape index (κ3) is 5.34. The first kappa shape index (κ1) is 22.4. The summed E-state index contributed by atoms with van der Waals surface area (Å²) in [5.74, 6) is 2.38. The molecule has 2 aromatic carbocycles. The fourth-order valence-corrected chi connectivity index (χ4v) is 2.86. The molecule has 2 aromatic rings. The van der Waals surface area contributed by atoms with E-state index in [-0.39, 0.29) is 6.61 Å². The molecule has 0 aromatic heterocycles. The predicted octanol–water partition coefficient (Wildman–Crippen LogP) is 3.23. The van der Waals surface area contributed by atoms with Gasteiger partial charge in [-0.2, -0.15) is 0 Å². The van der Waals surface area contributed by atoms with Gasteiger partial charge in [0.2, 0.25) is 5.75 Å². The molecule has 0 amide bonds. The van der Waals surface area contributed by atoms with E-state index in [1.165, 1.54) is 21.3 Å². The molecule has 2 rings (SSSR count). The van der Waals surface area contributed by atoms with Crippen molar-refractivity contribution < 1.29 is 33.9 Å². The quantitative estimate of drug-likeness (QED) is 0.629. The minimum Gasteiger partial charge on any atom is -0.493 e. The normalized spacial score (nSPS) is 13.1. The van der Waals surface area contributed by atoms with E-state index in [1.807, 2.05) is 0 Å². The molecule has 0 saturated heterocycles. The molecule has 7 heteroatoms. The highest BCUT2D eigenvalue weighted by Gasteiger charge is 2.23. The topological polar surface area (TPSA) is 86.6 Å². The van der Waals surface area contributed by atoms with Crippen LogP contribution in [0.2, 0.25) is 0 Å². The molecule has 0 heterocycles. The average Bonchev–Trinajstić information content (AvgIpc) is 2.76. The van der Waals surface area contributed by atoms with Crippen molar-refractivity contribution >= 4 is 6.08 Å². The van der Waals surface area contributed by atoms with E-state index in [4.69, 9.17) is 28.8 Å². The minimum absolute atomic E-state index is 0.0720. The molecule has 0 bridgehead atoms. The summed E-state index contributed by atoms with van der Waals surface area (Å²) in [6.45, 7) is 1.68. The summed E-state index contributed by atoms with van der Waals surface area (Å²) >= 11 is 0. The Hall–Kier alpha value is -2.90. The molecule has 2 unspecified atom stereocenters. The van der Waals surface area contributed by atoms with E-state index in [9.17, 15) is 5.11 Å². The molecule has 7 nitrogen and oxygen atoms in total. The van der Waals surface area contributed by atoms with Gasteiger partial charge in [0, 0.05) is 0 Å². The van der Waals surface area contributed by atoms with Crippen molar-refractivity contribution in [3.05, 3.63) is 47.5 Å². The zero-order valence-electron chi connectivity index (χ0n) is 17.3. The Morgan fingerprint density at radius 3 is 1.97 bits per heavy atom. The Morgan fingerprint density at radius 1 is 0.862 bits per heavy atom. The van der Waals surface area contributed by atoms with Crippen LogP contribution in [0, 0.1) is 0 Å². The molecule has 158 valence electrons. The number of methoxy groups -OCH3 is 4. The highest BCUT2D eigenvalue weighted by Crippen LogP contribution is 2.41. The summed E-state index contributed by atoms with van der Waals surface area (Å²) < 4.78 is 27.4. The van der Waals surface area contributed by atoms with Gasteiger partial charge in [0.15, 0.2) is 23.0 Å². The van der Waals surface area contributed by atoms with Crippen LogP contribution < -0.4 is 23.7 Å². The van der Waals surface area contributed by atoms with Crippen LogP contribution in [-0.2, 0) is 0 Å². The van der Waals surface area contributed by atoms with Gasteiger partial charge in [-0.25, -0.2) is 0 Å². The maximum Gasteiger partial charge on any atom is 0.203 e. The lowest BCUT2D eigenvalue weighted by molar-refractivity contribution is 0.0433. The van der Waals surface area contributed by atoms with Crippen molar-refractivity contribution in [1.82, 2.24) is 0 Å². The third-order valence-corrected chi connectivity index (χ3v) is 4.40. The summed E-state index contributed by atoms with van der Waals surface area (Å²) in [7, 11) is 6.14. The van der Waals surface area contributed by atoms with E-state index in [1.54, 1.807) is 56.5 Å². The molecule has 2 atom stereocenters. The molecular formula is C22H28O7. The lowest BCUT2D eigenvalue weighted by Gasteiger charge is -2.24. The highest BCUT2D eigenvalue weighted by atomic mass is 16.5. The van der Waals surface area contributed by atoms with E-state index < -0.39 is 12.2 Å². The van der Waals surface area contributed by atoms with Crippen LogP contribution in [0.4, 0.5) is 0 Å². The number of aliphatic hydroxyl groups is 2. The monoisotopic (exact) mass is 404 g/mol. The lowest BCUT2D eigenvalue weighted by atomic mass is 10.0. The van der Waals surface area contributed by atoms with Gasteiger partial charge in [-0.05, 0) is 42.3 Å². The number of rotatable bonds is 10. The van der Waals surface area contributed by atoms with E-state index in [0.29, 0.717) is 34.3 Å². The molecule has 2 N–H and O–H groups in total. The summed E-state index contributed by atoms with van der Waals surface area (Å²) in [5.41, 5.74) is 1.41. The van der Waals surface area contributed by atoms with E-state index in [2.05, 4.69) is 0 Å². The van der Waals surface area contributed by atoms with E-state index >= 15 is 0 Å². The van der Waals surface area contributed by atoms with Crippen LogP contribution in [0.25, 0.3) is 6.08 Å². The standard InChI is InChI=1S/C22H28O7/c1-14(21(24)16-8-9-17(25-2)18(13-16)26-3)29-22-19(27-4)11-15(7-6-10-23)12-20(22)28-5/h6-9,11-14,21,23-24H,10H2,1-5H3/b7-6-. The number of ether oxygens (including phenoxy) is 5. The fraction of sp³-hybridized carbons (Fsp3) is 0.364. The van der Waals surface area contributed by atoms with E-state index in [0.717, 1.165) is 5.56 Å². The number of benzene rings is 2. The summed E-state index contributed by atoms with van der Waals surface area (Å²) in [6.07, 6.45) is 1.81. The average molecular weight is 404 g/mol. The van der Waals surface area contributed by atoms with Gasteiger partial charge >= 0.3 is 0 Å². The predicted molar refractivity (Wildman–Crippen MR) is 110 cm³/mol. The Bertz CT molecular complexity index is 807. The molecular weight excluding hydrogens is 376 g/mol. The SMILES string of the molecule is COc1ccc(C(O)C(C)Oc2c(OC)cc(/C=C\CO)cc2OC)cc1OC. The van der Waals surface area contributed by atoms with Crippen LogP contribution in [-0.4, -0.2) is 51.4 Å².